The molecule has 0 aromatic heterocycles. The summed E-state index contributed by atoms with van der Waals surface area (Å²) in [5.41, 5.74) is 9.41. The van der Waals surface area contributed by atoms with Crippen LogP contribution in [-0.4, -0.2) is 5.84 Å². The maximum atomic E-state index is 7.27. The van der Waals surface area contributed by atoms with Crippen molar-refractivity contribution in [3.05, 3.63) is 41.5 Å². The Hall–Kier alpha value is -1.57. The van der Waals surface area contributed by atoms with Gasteiger partial charge in [0.25, 0.3) is 0 Å². The van der Waals surface area contributed by atoms with Crippen LogP contribution in [0.1, 0.15) is 23.6 Å². The Bertz CT molecular complexity index is 364. The summed E-state index contributed by atoms with van der Waals surface area (Å²) in [6.07, 6.45) is 0. The number of allylic oxidation sites excluding steroid dienone is 1. The van der Waals surface area contributed by atoms with Crippen molar-refractivity contribution in [2.75, 3.05) is 0 Å². The number of hydrogen-bond donors (Lipinski definition) is 2. The van der Waals surface area contributed by atoms with Crippen molar-refractivity contribution in [1.29, 1.82) is 5.41 Å². The van der Waals surface area contributed by atoms with Crippen LogP contribution in [0.4, 0.5) is 0 Å². The van der Waals surface area contributed by atoms with E-state index >= 15 is 0 Å². The van der Waals surface area contributed by atoms with Gasteiger partial charge in [-0.3, -0.25) is 5.41 Å². The molecule has 1 rings (SSSR count). The molecule has 1 aromatic rings. The minimum atomic E-state index is 0.108. The minimum absolute atomic E-state index is 0.108. The van der Waals surface area contributed by atoms with Gasteiger partial charge in [-0.1, -0.05) is 24.3 Å². The van der Waals surface area contributed by atoms with Gasteiger partial charge < -0.3 is 5.73 Å². The summed E-state index contributed by atoms with van der Waals surface area (Å²) < 4.78 is 0. The van der Waals surface area contributed by atoms with Gasteiger partial charge in [-0.2, -0.15) is 0 Å². The molecular formula is C11H14N2. The Balaban J connectivity index is 3.20. The molecule has 68 valence electrons. The lowest BCUT2D eigenvalue weighted by atomic mass is 10.0. The molecule has 0 heterocycles. The second-order valence-corrected chi connectivity index (χ2v) is 3.22. The van der Waals surface area contributed by atoms with E-state index in [0.29, 0.717) is 0 Å². The van der Waals surface area contributed by atoms with E-state index in [1.54, 1.807) is 0 Å². The number of nitrogen functional groups attached to an aromatic ring is 1. The molecule has 0 radical (unpaired) electrons. The highest BCUT2D eigenvalue weighted by molar-refractivity contribution is 5.95. The number of aryl methyl sites for hydroxylation is 1. The standard InChI is InChI=1S/C11H14N2/c1-7(2)10-5-4-9(11(12)13)6-8(10)3/h4-6H,1H2,2-3H3,(H3,12,13). The van der Waals surface area contributed by atoms with E-state index in [9.17, 15) is 0 Å². The van der Waals surface area contributed by atoms with Crippen molar-refractivity contribution in [2.24, 2.45) is 5.73 Å². The van der Waals surface area contributed by atoms with Gasteiger partial charge in [0, 0.05) is 5.56 Å². The predicted octanol–water partition coefficient (Wildman–Crippen LogP) is 2.31. The van der Waals surface area contributed by atoms with Crippen molar-refractivity contribution >= 4 is 11.4 Å². The van der Waals surface area contributed by atoms with Crippen molar-refractivity contribution in [3.63, 3.8) is 0 Å². The number of nitrogens with two attached hydrogens (primary N) is 1. The first-order valence-corrected chi connectivity index (χ1v) is 4.13. The van der Waals surface area contributed by atoms with Gasteiger partial charge in [0.05, 0.1) is 0 Å². The maximum absolute atomic E-state index is 7.27. The number of hydrogen-bond acceptors (Lipinski definition) is 1. The monoisotopic (exact) mass is 174 g/mol. The van der Waals surface area contributed by atoms with Gasteiger partial charge in [-0.15, -0.1) is 0 Å². The van der Waals surface area contributed by atoms with Crippen LogP contribution in [0, 0.1) is 12.3 Å². The Morgan fingerprint density at radius 1 is 1.46 bits per heavy atom. The molecule has 1 aromatic carbocycles. The Morgan fingerprint density at radius 3 is 2.46 bits per heavy atom. The molecule has 0 saturated heterocycles. The summed E-state index contributed by atoms with van der Waals surface area (Å²) in [7, 11) is 0. The highest BCUT2D eigenvalue weighted by Gasteiger charge is 2.01. The summed E-state index contributed by atoms with van der Waals surface area (Å²) in [4.78, 5) is 0. The summed E-state index contributed by atoms with van der Waals surface area (Å²) in [5.74, 6) is 0.108. The first-order valence-electron chi connectivity index (χ1n) is 4.13. The average Bonchev–Trinajstić information content (AvgIpc) is 2.03. The zero-order valence-electron chi connectivity index (χ0n) is 8.02. The van der Waals surface area contributed by atoms with Crippen LogP contribution in [0.25, 0.3) is 5.57 Å². The molecule has 0 spiro atoms. The third-order valence-electron chi connectivity index (χ3n) is 2.00. The third-order valence-corrected chi connectivity index (χ3v) is 2.00. The van der Waals surface area contributed by atoms with Crippen LogP contribution in [0.5, 0.6) is 0 Å². The number of amidine groups is 1. The Labute approximate surface area is 78.6 Å². The SMILES string of the molecule is C=C(C)c1ccc(C(=N)N)cc1C. The maximum Gasteiger partial charge on any atom is 0.122 e. The summed E-state index contributed by atoms with van der Waals surface area (Å²) in [6.45, 7) is 7.84. The predicted molar refractivity (Wildman–Crippen MR) is 56.9 cm³/mol. The molecule has 0 aliphatic carbocycles. The normalized spacial score (nSPS) is 9.69. The Kier molecular flexibility index (Phi) is 2.52. The number of rotatable bonds is 2. The van der Waals surface area contributed by atoms with E-state index in [0.717, 1.165) is 22.3 Å². The van der Waals surface area contributed by atoms with Gasteiger partial charge in [0.1, 0.15) is 5.84 Å². The molecule has 13 heavy (non-hydrogen) atoms. The van der Waals surface area contributed by atoms with Crippen molar-refractivity contribution in [3.8, 4) is 0 Å². The molecule has 2 heteroatoms. The highest BCUT2D eigenvalue weighted by atomic mass is 14.7. The minimum Gasteiger partial charge on any atom is -0.384 e. The van der Waals surface area contributed by atoms with Crippen LogP contribution >= 0.6 is 0 Å². The zero-order chi connectivity index (χ0) is 10.0. The average molecular weight is 174 g/mol. The fourth-order valence-electron chi connectivity index (χ4n) is 1.31. The van der Waals surface area contributed by atoms with E-state index in [-0.39, 0.29) is 5.84 Å². The van der Waals surface area contributed by atoms with Gasteiger partial charge >= 0.3 is 0 Å². The fourth-order valence-corrected chi connectivity index (χ4v) is 1.31. The molecule has 0 bridgehead atoms. The van der Waals surface area contributed by atoms with E-state index in [1.165, 1.54) is 0 Å². The van der Waals surface area contributed by atoms with Gasteiger partial charge in [0.15, 0.2) is 0 Å². The first kappa shape index (κ1) is 9.52. The van der Waals surface area contributed by atoms with Gasteiger partial charge in [-0.25, -0.2) is 0 Å². The highest BCUT2D eigenvalue weighted by Crippen LogP contribution is 2.17. The zero-order valence-corrected chi connectivity index (χ0v) is 8.02. The molecule has 0 saturated carbocycles. The molecule has 0 fully saturated rings. The van der Waals surface area contributed by atoms with Gasteiger partial charge in [0.2, 0.25) is 0 Å². The number of benzene rings is 1. The van der Waals surface area contributed by atoms with E-state index < -0.39 is 0 Å². The fraction of sp³-hybridized carbons (Fsp3) is 0.182. The molecule has 2 nitrogen and oxygen atoms in total. The van der Waals surface area contributed by atoms with Crippen molar-refractivity contribution < 1.29 is 0 Å². The van der Waals surface area contributed by atoms with E-state index in [2.05, 4.69) is 6.58 Å². The van der Waals surface area contributed by atoms with Crippen LogP contribution in [-0.2, 0) is 0 Å². The van der Waals surface area contributed by atoms with Gasteiger partial charge in [-0.05, 0) is 31.0 Å². The van der Waals surface area contributed by atoms with Crippen LogP contribution in [0.3, 0.4) is 0 Å². The summed E-state index contributed by atoms with van der Waals surface area (Å²) in [6, 6.07) is 5.71. The van der Waals surface area contributed by atoms with Crippen LogP contribution in [0.2, 0.25) is 0 Å². The van der Waals surface area contributed by atoms with E-state index in [1.807, 2.05) is 32.0 Å². The largest absolute Gasteiger partial charge is 0.384 e. The summed E-state index contributed by atoms with van der Waals surface area (Å²) >= 11 is 0. The molecule has 3 N–H and O–H groups in total. The molecule has 0 aliphatic heterocycles. The van der Waals surface area contributed by atoms with Crippen LogP contribution in [0.15, 0.2) is 24.8 Å². The quantitative estimate of drug-likeness (QED) is 0.524. The lowest BCUT2D eigenvalue weighted by Gasteiger charge is -2.06. The molecule has 0 aliphatic rings. The first-order chi connectivity index (χ1) is 6.02. The summed E-state index contributed by atoms with van der Waals surface area (Å²) in [5, 5.41) is 7.27. The molecule has 0 unspecified atom stereocenters. The lowest BCUT2D eigenvalue weighted by Crippen LogP contribution is -2.11. The Morgan fingerprint density at radius 2 is 2.08 bits per heavy atom. The molecular weight excluding hydrogens is 160 g/mol. The third kappa shape index (κ3) is 1.96. The van der Waals surface area contributed by atoms with E-state index in [4.69, 9.17) is 11.1 Å². The van der Waals surface area contributed by atoms with Crippen molar-refractivity contribution in [1.82, 2.24) is 0 Å². The smallest absolute Gasteiger partial charge is 0.122 e. The second-order valence-electron chi connectivity index (χ2n) is 3.22. The second kappa shape index (κ2) is 3.44. The van der Waals surface area contributed by atoms with Crippen molar-refractivity contribution in [2.45, 2.75) is 13.8 Å². The topological polar surface area (TPSA) is 49.9 Å². The lowest BCUT2D eigenvalue weighted by molar-refractivity contribution is 1.36. The van der Waals surface area contributed by atoms with Crippen LogP contribution < -0.4 is 5.73 Å². The molecule has 0 atom stereocenters. The molecule has 0 amide bonds. The number of nitrogens with one attached hydrogen (secondary N) is 1.